The maximum absolute atomic E-state index is 4.53. The minimum atomic E-state index is 0.911. The number of aliphatic imine (C=N–C) groups is 1. The van der Waals surface area contributed by atoms with Crippen LogP contribution in [0.3, 0.4) is 0 Å². The van der Waals surface area contributed by atoms with E-state index >= 15 is 0 Å². The first kappa shape index (κ1) is 12.6. The lowest BCUT2D eigenvalue weighted by Crippen LogP contribution is -1.78. The highest BCUT2D eigenvalue weighted by Crippen LogP contribution is 2.28. The van der Waals surface area contributed by atoms with E-state index in [1.807, 2.05) is 42.7 Å². The van der Waals surface area contributed by atoms with Crippen molar-refractivity contribution in [3.63, 3.8) is 0 Å². The first-order chi connectivity index (χ1) is 9.24. The quantitative estimate of drug-likeness (QED) is 0.575. The average Bonchev–Trinajstić information content (AvgIpc) is 2.81. The number of hydrogen-bond acceptors (Lipinski definition) is 1. The zero-order valence-electron chi connectivity index (χ0n) is 9.90. The monoisotopic (exact) mass is 376 g/mol. The average molecular weight is 378 g/mol. The molecule has 0 amide bonds. The van der Waals surface area contributed by atoms with E-state index in [4.69, 9.17) is 0 Å². The predicted molar refractivity (Wildman–Crippen MR) is 87.4 cm³/mol. The van der Waals surface area contributed by atoms with Gasteiger partial charge in [0, 0.05) is 37.8 Å². The van der Waals surface area contributed by atoms with Crippen molar-refractivity contribution in [1.82, 2.24) is 4.98 Å². The second-order valence-corrected chi connectivity index (χ2v) is 5.91. The fourth-order valence-corrected chi connectivity index (χ4v) is 3.08. The van der Waals surface area contributed by atoms with Gasteiger partial charge in [-0.15, -0.1) is 0 Å². The molecule has 0 bridgehead atoms. The third-order valence-corrected chi connectivity index (χ3v) is 4.00. The minimum absolute atomic E-state index is 0.911. The lowest BCUT2D eigenvalue weighted by Gasteiger charge is -1.98. The van der Waals surface area contributed by atoms with Crippen LogP contribution in [0.15, 0.2) is 62.6 Å². The molecule has 4 heteroatoms. The van der Waals surface area contributed by atoms with Crippen LogP contribution in [0.4, 0.5) is 5.69 Å². The van der Waals surface area contributed by atoms with E-state index < -0.39 is 0 Å². The van der Waals surface area contributed by atoms with Gasteiger partial charge in [0.2, 0.25) is 0 Å². The van der Waals surface area contributed by atoms with Gasteiger partial charge >= 0.3 is 0 Å². The molecule has 0 atom stereocenters. The van der Waals surface area contributed by atoms with Crippen molar-refractivity contribution in [2.45, 2.75) is 0 Å². The molecule has 0 spiro atoms. The van der Waals surface area contributed by atoms with Gasteiger partial charge in [0.05, 0.1) is 5.69 Å². The summed E-state index contributed by atoms with van der Waals surface area (Å²) in [4.78, 5) is 7.76. The first-order valence-electron chi connectivity index (χ1n) is 5.79. The molecule has 0 fully saturated rings. The van der Waals surface area contributed by atoms with Gasteiger partial charge in [-0.25, -0.2) is 0 Å². The molecule has 0 unspecified atom stereocenters. The van der Waals surface area contributed by atoms with Crippen LogP contribution in [0, 0.1) is 0 Å². The lowest BCUT2D eigenvalue weighted by atomic mass is 10.2. The number of fused-ring (bicyclic) bond motifs is 1. The summed E-state index contributed by atoms with van der Waals surface area (Å²) >= 11 is 6.94. The van der Waals surface area contributed by atoms with Crippen molar-refractivity contribution in [1.29, 1.82) is 0 Å². The van der Waals surface area contributed by atoms with Crippen molar-refractivity contribution in [3.05, 3.63) is 63.2 Å². The van der Waals surface area contributed by atoms with Crippen molar-refractivity contribution >= 4 is 54.7 Å². The SMILES string of the molecule is Brc1ccc(N=Cc2c[nH]c3ccccc23)c(Br)c1. The summed E-state index contributed by atoms with van der Waals surface area (Å²) in [5, 5.41) is 1.18. The fraction of sp³-hybridized carbons (Fsp3) is 0. The molecule has 1 heterocycles. The van der Waals surface area contributed by atoms with Crippen LogP contribution >= 0.6 is 31.9 Å². The Morgan fingerprint density at radius 1 is 1.05 bits per heavy atom. The van der Waals surface area contributed by atoms with Crippen LogP contribution in [0.25, 0.3) is 10.9 Å². The molecule has 0 saturated carbocycles. The summed E-state index contributed by atoms with van der Waals surface area (Å²) in [7, 11) is 0. The summed E-state index contributed by atoms with van der Waals surface area (Å²) in [5.41, 5.74) is 3.12. The highest BCUT2D eigenvalue weighted by molar-refractivity contribution is 9.11. The van der Waals surface area contributed by atoms with Crippen LogP contribution in [0.1, 0.15) is 5.56 Å². The minimum Gasteiger partial charge on any atom is -0.361 e. The highest BCUT2D eigenvalue weighted by Gasteiger charge is 2.01. The molecule has 1 N–H and O–H groups in total. The number of nitrogens with one attached hydrogen (secondary N) is 1. The molecule has 0 aliphatic heterocycles. The molecule has 0 saturated heterocycles. The summed E-state index contributed by atoms with van der Waals surface area (Å²) in [6.45, 7) is 0. The Kier molecular flexibility index (Phi) is 3.53. The van der Waals surface area contributed by atoms with Crippen LogP contribution in [-0.4, -0.2) is 11.2 Å². The topological polar surface area (TPSA) is 28.1 Å². The van der Waals surface area contributed by atoms with Crippen LogP contribution in [0.2, 0.25) is 0 Å². The zero-order chi connectivity index (χ0) is 13.2. The van der Waals surface area contributed by atoms with E-state index in [0.717, 1.165) is 25.7 Å². The van der Waals surface area contributed by atoms with Gasteiger partial charge in [0.1, 0.15) is 0 Å². The largest absolute Gasteiger partial charge is 0.361 e. The van der Waals surface area contributed by atoms with Gasteiger partial charge in [-0.1, -0.05) is 34.1 Å². The van der Waals surface area contributed by atoms with Gasteiger partial charge in [-0.2, -0.15) is 0 Å². The van der Waals surface area contributed by atoms with Crippen LogP contribution in [-0.2, 0) is 0 Å². The zero-order valence-corrected chi connectivity index (χ0v) is 13.1. The number of halogens is 2. The van der Waals surface area contributed by atoms with E-state index in [1.54, 1.807) is 0 Å². The van der Waals surface area contributed by atoms with Crippen molar-refractivity contribution in [3.8, 4) is 0 Å². The standard InChI is InChI=1S/C15H10Br2N2/c16-11-5-6-15(13(17)7-11)19-9-10-8-18-14-4-2-1-3-12(10)14/h1-9,18H. The second kappa shape index (κ2) is 5.31. The lowest BCUT2D eigenvalue weighted by molar-refractivity contribution is 1.46. The Morgan fingerprint density at radius 2 is 1.89 bits per heavy atom. The van der Waals surface area contributed by atoms with Gasteiger partial charge in [-0.05, 0) is 40.2 Å². The fourth-order valence-electron chi connectivity index (χ4n) is 1.93. The molecule has 3 rings (SSSR count). The Morgan fingerprint density at radius 3 is 2.74 bits per heavy atom. The smallest absolute Gasteiger partial charge is 0.0772 e. The molecule has 3 aromatic rings. The third-order valence-electron chi connectivity index (χ3n) is 2.87. The number of para-hydroxylation sites is 1. The maximum Gasteiger partial charge on any atom is 0.0772 e. The maximum atomic E-state index is 4.53. The van der Waals surface area contributed by atoms with E-state index in [1.165, 1.54) is 5.39 Å². The molecular weight excluding hydrogens is 368 g/mol. The molecule has 94 valence electrons. The number of nitrogens with zero attached hydrogens (tertiary/aromatic N) is 1. The Bertz CT molecular complexity index is 760. The van der Waals surface area contributed by atoms with Crippen molar-refractivity contribution < 1.29 is 0 Å². The molecular formula is C15H10Br2N2. The first-order valence-corrected chi connectivity index (χ1v) is 7.38. The Hall–Kier alpha value is -1.39. The molecule has 2 aromatic carbocycles. The van der Waals surface area contributed by atoms with E-state index in [2.05, 4.69) is 54.0 Å². The number of H-pyrrole nitrogens is 1. The Balaban J connectivity index is 1.98. The van der Waals surface area contributed by atoms with Crippen molar-refractivity contribution in [2.75, 3.05) is 0 Å². The highest BCUT2D eigenvalue weighted by atomic mass is 79.9. The predicted octanol–water partition coefficient (Wildman–Crippen LogP) is 5.44. The second-order valence-electron chi connectivity index (χ2n) is 4.14. The van der Waals surface area contributed by atoms with Gasteiger partial charge in [0.25, 0.3) is 0 Å². The van der Waals surface area contributed by atoms with E-state index in [-0.39, 0.29) is 0 Å². The molecule has 0 radical (unpaired) electrons. The van der Waals surface area contributed by atoms with E-state index in [9.17, 15) is 0 Å². The summed E-state index contributed by atoms with van der Waals surface area (Å²) in [6.07, 6.45) is 3.85. The third kappa shape index (κ3) is 2.65. The molecule has 19 heavy (non-hydrogen) atoms. The normalized spacial score (nSPS) is 11.5. The Labute approximate surface area is 127 Å². The van der Waals surface area contributed by atoms with Gasteiger partial charge < -0.3 is 4.98 Å². The summed E-state index contributed by atoms with van der Waals surface area (Å²) < 4.78 is 2.00. The van der Waals surface area contributed by atoms with E-state index in [0.29, 0.717) is 0 Å². The molecule has 0 aliphatic carbocycles. The number of aromatic amines is 1. The number of benzene rings is 2. The van der Waals surface area contributed by atoms with Crippen LogP contribution < -0.4 is 0 Å². The van der Waals surface area contributed by atoms with Gasteiger partial charge in [0.15, 0.2) is 0 Å². The number of aromatic nitrogens is 1. The van der Waals surface area contributed by atoms with Crippen LogP contribution in [0.5, 0.6) is 0 Å². The molecule has 0 aliphatic rings. The summed E-state index contributed by atoms with van der Waals surface area (Å²) in [5.74, 6) is 0. The summed E-state index contributed by atoms with van der Waals surface area (Å²) in [6, 6.07) is 14.1. The van der Waals surface area contributed by atoms with Gasteiger partial charge in [-0.3, -0.25) is 4.99 Å². The number of hydrogen-bond donors (Lipinski definition) is 1. The van der Waals surface area contributed by atoms with Crippen molar-refractivity contribution in [2.24, 2.45) is 4.99 Å². The molecule has 2 nitrogen and oxygen atoms in total. The molecule has 1 aromatic heterocycles. The number of rotatable bonds is 2.